The Morgan fingerprint density at radius 3 is 2.80 bits per heavy atom. The minimum Gasteiger partial charge on any atom is -0.409 e. The predicted octanol–water partition coefficient (Wildman–Crippen LogP) is 0.691. The van der Waals surface area contributed by atoms with Crippen molar-refractivity contribution in [2.45, 2.75) is 0 Å². The Hall–Kier alpha value is -2.83. The molecular weight excluding hydrogens is 258 g/mol. The highest BCUT2D eigenvalue weighted by Crippen LogP contribution is 2.09. The highest BCUT2D eigenvalue weighted by atomic mass is 16.4. The Kier molecular flexibility index (Phi) is 3.99. The Morgan fingerprint density at radius 1 is 1.45 bits per heavy atom. The molecule has 104 valence electrons. The normalized spacial score (nSPS) is 11.3. The molecule has 2 aromatic rings. The molecule has 2 rings (SSSR count). The second kappa shape index (κ2) is 5.87. The number of rotatable bonds is 4. The summed E-state index contributed by atoms with van der Waals surface area (Å²) >= 11 is 0. The van der Waals surface area contributed by atoms with Crippen LogP contribution in [0.4, 0.5) is 0 Å². The number of hydrogen-bond donors (Lipinski definition) is 2. The SMILES string of the molecule is CN(CC(N)=NO)C(=O)c1cnn(-c2ccccc2)c1. The van der Waals surface area contributed by atoms with Crippen LogP contribution >= 0.6 is 0 Å². The second-order valence-corrected chi connectivity index (χ2v) is 4.26. The molecule has 1 aromatic carbocycles. The maximum Gasteiger partial charge on any atom is 0.257 e. The van der Waals surface area contributed by atoms with Crippen LogP contribution in [0.15, 0.2) is 47.9 Å². The van der Waals surface area contributed by atoms with Crippen molar-refractivity contribution in [1.29, 1.82) is 0 Å². The summed E-state index contributed by atoms with van der Waals surface area (Å²) in [6, 6.07) is 9.47. The van der Waals surface area contributed by atoms with Gasteiger partial charge in [-0.15, -0.1) is 0 Å². The van der Waals surface area contributed by atoms with Crippen LogP contribution in [0.2, 0.25) is 0 Å². The largest absolute Gasteiger partial charge is 0.409 e. The first-order chi connectivity index (χ1) is 9.61. The third-order valence-corrected chi connectivity index (χ3v) is 2.72. The van der Waals surface area contributed by atoms with Crippen LogP contribution in [0.25, 0.3) is 5.69 Å². The Balaban J connectivity index is 2.15. The Morgan fingerprint density at radius 2 is 2.15 bits per heavy atom. The van der Waals surface area contributed by atoms with E-state index in [4.69, 9.17) is 10.9 Å². The highest BCUT2D eigenvalue weighted by molar-refractivity contribution is 5.96. The minimum atomic E-state index is -0.251. The van der Waals surface area contributed by atoms with Crippen molar-refractivity contribution >= 4 is 11.7 Å². The third-order valence-electron chi connectivity index (χ3n) is 2.72. The van der Waals surface area contributed by atoms with Crippen LogP contribution in [0.3, 0.4) is 0 Å². The van der Waals surface area contributed by atoms with E-state index < -0.39 is 0 Å². The minimum absolute atomic E-state index is 0.0312. The van der Waals surface area contributed by atoms with Crippen molar-refractivity contribution < 1.29 is 10.0 Å². The van der Waals surface area contributed by atoms with Gasteiger partial charge in [-0.2, -0.15) is 5.10 Å². The van der Waals surface area contributed by atoms with Gasteiger partial charge in [-0.3, -0.25) is 4.79 Å². The molecule has 0 aliphatic carbocycles. The second-order valence-electron chi connectivity index (χ2n) is 4.26. The lowest BCUT2D eigenvalue weighted by Gasteiger charge is -2.14. The Bertz CT molecular complexity index is 621. The molecule has 1 aromatic heterocycles. The van der Waals surface area contributed by atoms with E-state index in [0.29, 0.717) is 5.56 Å². The zero-order valence-corrected chi connectivity index (χ0v) is 11.0. The van der Waals surface area contributed by atoms with Gasteiger partial charge >= 0.3 is 0 Å². The van der Waals surface area contributed by atoms with Gasteiger partial charge in [0.1, 0.15) is 0 Å². The lowest BCUT2D eigenvalue weighted by atomic mass is 10.3. The molecule has 7 heteroatoms. The van der Waals surface area contributed by atoms with E-state index in [-0.39, 0.29) is 18.3 Å². The highest BCUT2D eigenvalue weighted by Gasteiger charge is 2.15. The standard InChI is InChI=1S/C13H15N5O2/c1-17(9-12(14)16-20)13(19)10-7-15-18(8-10)11-5-3-2-4-6-11/h2-8,20H,9H2,1H3,(H2,14,16). The number of amides is 1. The number of amidine groups is 1. The topological polar surface area (TPSA) is 96.7 Å². The molecule has 0 atom stereocenters. The van der Waals surface area contributed by atoms with Gasteiger partial charge in [0, 0.05) is 13.2 Å². The van der Waals surface area contributed by atoms with Gasteiger partial charge in [0.15, 0.2) is 5.84 Å². The molecule has 0 aliphatic rings. The average molecular weight is 273 g/mol. The number of likely N-dealkylation sites (N-methyl/N-ethyl adjacent to an activating group) is 1. The molecule has 1 heterocycles. The van der Waals surface area contributed by atoms with Crippen LogP contribution in [0, 0.1) is 0 Å². The molecule has 7 nitrogen and oxygen atoms in total. The molecule has 0 bridgehead atoms. The van der Waals surface area contributed by atoms with Crippen molar-refractivity contribution in [2.24, 2.45) is 10.9 Å². The quantitative estimate of drug-likeness (QED) is 0.371. The van der Waals surface area contributed by atoms with Gasteiger partial charge < -0.3 is 15.8 Å². The van der Waals surface area contributed by atoms with E-state index in [1.54, 1.807) is 17.9 Å². The van der Waals surface area contributed by atoms with E-state index in [1.165, 1.54) is 11.1 Å². The van der Waals surface area contributed by atoms with Crippen molar-refractivity contribution in [3.8, 4) is 5.69 Å². The van der Waals surface area contributed by atoms with Gasteiger partial charge in [-0.05, 0) is 12.1 Å². The number of para-hydroxylation sites is 1. The third kappa shape index (κ3) is 2.94. The van der Waals surface area contributed by atoms with E-state index in [0.717, 1.165) is 5.69 Å². The summed E-state index contributed by atoms with van der Waals surface area (Å²) in [4.78, 5) is 13.5. The zero-order chi connectivity index (χ0) is 14.5. The fraction of sp³-hybridized carbons (Fsp3) is 0.154. The van der Waals surface area contributed by atoms with Crippen molar-refractivity contribution in [2.75, 3.05) is 13.6 Å². The summed E-state index contributed by atoms with van der Waals surface area (Å²) in [7, 11) is 1.57. The summed E-state index contributed by atoms with van der Waals surface area (Å²) < 4.78 is 1.62. The summed E-state index contributed by atoms with van der Waals surface area (Å²) in [5.41, 5.74) is 6.67. The molecule has 0 fully saturated rings. The predicted molar refractivity (Wildman–Crippen MR) is 73.9 cm³/mol. The first-order valence-electron chi connectivity index (χ1n) is 5.94. The van der Waals surface area contributed by atoms with E-state index in [1.807, 2.05) is 30.3 Å². The van der Waals surface area contributed by atoms with Gasteiger partial charge in [0.25, 0.3) is 5.91 Å². The molecule has 1 amide bonds. The van der Waals surface area contributed by atoms with Gasteiger partial charge in [0.05, 0.1) is 24.0 Å². The van der Waals surface area contributed by atoms with Crippen molar-refractivity contribution in [1.82, 2.24) is 14.7 Å². The fourth-order valence-electron chi connectivity index (χ4n) is 1.72. The summed E-state index contributed by atoms with van der Waals surface area (Å²) in [5.74, 6) is -0.282. The number of hydrogen-bond acceptors (Lipinski definition) is 4. The molecule has 0 aliphatic heterocycles. The summed E-state index contributed by atoms with van der Waals surface area (Å²) in [6.45, 7) is 0.0475. The first-order valence-corrected chi connectivity index (χ1v) is 5.94. The fourth-order valence-corrected chi connectivity index (χ4v) is 1.72. The number of nitrogens with zero attached hydrogens (tertiary/aromatic N) is 4. The van der Waals surface area contributed by atoms with E-state index >= 15 is 0 Å². The zero-order valence-electron chi connectivity index (χ0n) is 11.0. The lowest BCUT2D eigenvalue weighted by molar-refractivity contribution is 0.0813. The maximum absolute atomic E-state index is 12.1. The molecular formula is C13H15N5O2. The number of benzene rings is 1. The first kappa shape index (κ1) is 13.6. The molecule has 20 heavy (non-hydrogen) atoms. The molecule has 3 N–H and O–H groups in total. The molecule has 0 saturated carbocycles. The van der Waals surface area contributed by atoms with Crippen LogP contribution in [0.5, 0.6) is 0 Å². The number of oxime groups is 1. The smallest absolute Gasteiger partial charge is 0.257 e. The Labute approximate surface area is 115 Å². The van der Waals surface area contributed by atoms with E-state index in [9.17, 15) is 4.79 Å². The number of nitrogens with two attached hydrogens (primary N) is 1. The molecule has 0 unspecified atom stereocenters. The van der Waals surface area contributed by atoms with Crippen LogP contribution in [-0.2, 0) is 0 Å². The van der Waals surface area contributed by atoms with Crippen molar-refractivity contribution in [3.63, 3.8) is 0 Å². The average Bonchev–Trinajstić information content (AvgIpc) is 2.97. The summed E-state index contributed by atoms with van der Waals surface area (Å²) in [5, 5.41) is 15.5. The monoisotopic (exact) mass is 273 g/mol. The van der Waals surface area contributed by atoms with Gasteiger partial charge in [0.2, 0.25) is 0 Å². The number of carbonyl (C=O) groups is 1. The van der Waals surface area contributed by atoms with Gasteiger partial charge in [-0.1, -0.05) is 23.4 Å². The molecule has 0 spiro atoms. The van der Waals surface area contributed by atoms with Crippen LogP contribution in [0.1, 0.15) is 10.4 Å². The van der Waals surface area contributed by atoms with Crippen molar-refractivity contribution in [3.05, 3.63) is 48.3 Å². The van der Waals surface area contributed by atoms with Crippen LogP contribution in [-0.4, -0.2) is 45.2 Å². The number of carbonyl (C=O) groups excluding carboxylic acids is 1. The van der Waals surface area contributed by atoms with Gasteiger partial charge in [-0.25, -0.2) is 4.68 Å². The number of aromatic nitrogens is 2. The lowest BCUT2D eigenvalue weighted by Crippen LogP contribution is -2.35. The van der Waals surface area contributed by atoms with Crippen LogP contribution < -0.4 is 5.73 Å². The summed E-state index contributed by atoms with van der Waals surface area (Å²) in [6.07, 6.45) is 3.12. The molecule has 0 radical (unpaired) electrons. The molecule has 0 saturated heterocycles. The maximum atomic E-state index is 12.1. The van der Waals surface area contributed by atoms with E-state index in [2.05, 4.69) is 10.3 Å².